The number of carbonyl (C=O) groups is 1. The third-order valence-corrected chi connectivity index (χ3v) is 3.21. The minimum Gasteiger partial charge on any atom is -0.479 e. The fourth-order valence-electron chi connectivity index (χ4n) is 1.57. The quantitative estimate of drug-likeness (QED) is 0.869. The highest BCUT2D eigenvalue weighted by Crippen LogP contribution is 2.18. The monoisotopic (exact) mass is 301 g/mol. The van der Waals surface area contributed by atoms with Gasteiger partial charge in [-0.2, -0.15) is 0 Å². The third kappa shape index (κ3) is 4.11. The number of aliphatic carboxylic acids is 1. The Kier molecular flexibility index (Phi) is 4.68. The summed E-state index contributed by atoms with van der Waals surface area (Å²) in [6.45, 7) is 1.94. The van der Waals surface area contributed by atoms with Crippen molar-refractivity contribution in [2.24, 2.45) is 0 Å². The molecule has 1 unspecified atom stereocenters. The van der Waals surface area contributed by atoms with E-state index in [1.165, 1.54) is 6.92 Å². The topological polar surface area (TPSA) is 60.8 Å². The van der Waals surface area contributed by atoms with Gasteiger partial charge in [0.2, 0.25) is 0 Å². The van der Waals surface area contributed by atoms with Gasteiger partial charge in [-0.05, 0) is 25.6 Å². The minimum absolute atomic E-state index is 0.0731. The molecule has 0 radical (unpaired) electrons. The second-order valence-electron chi connectivity index (χ2n) is 4.34. The molecule has 1 rings (SSSR count). The third-order valence-electron chi connectivity index (χ3n) is 2.44. The van der Waals surface area contributed by atoms with E-state index in [9.17, 15) is 9.90 Å². The second-order valence-corrected chi connectivity index (χ2v) is 5.20. The van der Waals surface area contributed by atoms with Crippen LogP contribution in [0.25, 0.3) is 0 Å². The molecule has 2 N–H and O–H groups in total. The van der Waals surface area contributed by atoms with Crippen molar-refractivity contribution in [2.45, 2.75) is 19.1 Å². The lowest BCUT2D eigenvalue weighted by Crippen LogP contribution is -2.45. The molecule has 1 aromatic carbocycles. The minimum atomic E-state index is -1.73. The number of carboxylic acid groups (broad SMARTS) is 1. The van der Waals surface area contributed by atoms with Crippen molar-refractivity contribution in [3.8, 4) is 0 Å². The highest BCUT2D eigenvalue weighted by atomic mass is 79.9. The zero-order chi connectivity index (χ0) is 13.1. The summed E-state index contributed by atoms with van der Waals surface area (Å²) in [6.07, 6.45) is 0. The molecule has 0 aliphatic carbocycles. The molecule has 0 amide bonds. The smallest absolute Gasteiger partial charge is 0.336 e. The predicted octanol–water partition coefficient (Wildman–Crippen LogP) is 1.72. The van der Waals surface area contributed by atoms with Gasteiger partial charge in [-0.3, -0.25) is 4.90 Å². The van der Waals surface area contributed by atoms with Gasteiger partial charge in [-0.1, -0.05) is 34.1 Å². The van der Waals surface area contributed by atoms with Gasteiger partial charge in [-0.25, -0.2) is 4.79 Å². The summed E-state index contributed by atoms with van der Waals surface area (Å²) in [4.78, 5) is 12.6. The second kappa shape index (κ2) is 5.62. The number of benzene rings is 1. The maximum atomic E-state index is 10.8. The number of hydrogen-bond acceptors (Lipinski definition) is 3. The molecule has 4 nitrogen and oxygen atoms in total. The summed E-state index contributed by atoms with van der Waals surface area (Å²) in [5, 5.41) is 18.5. The van der Waals surface area contributed by atoms with Crippen molar-refractivity contribution in [1.82, 2.24) is 4.90 Å². The Balaban J connectivity index is 2.65. The van der Waals surface area contributed by atoms with Gasteiger partial charge in [-0.15, -0.1) is 0 Å². The number of likely N-dealkylation sites (N-methyl/N-ethyl adjacent to an activating group) is 1. The number of hydrogen-bond donors (Lipinski definition) is 2. The first-order chi connectivity index (χ1) is 7.83. The van der Waals surface area contributed by atoms with Crippen LogP contribution in [0.5, 0.6) is 0 Å². The number of halogens is 1. The number of aliphatic hydroxyl groups is 1. The standard InChI is InChI=1S/C12H16BrNO3/c1-12(17,11(15)16)8-14(2)7-9-5-3-4-6-10(9)13/h3-6,17H,7-8H2,1-2H3,(H,15,16). The maximum Gasteiger partial charge on any atom is 0.336 e. The van der Waals surface area contributed by atoms with Gasteiger partial charge in [0.15, 0.2) is 5.60 Å². The Morgan fingerprint density at radius 2 is 2.06 bits per heavy atom. The van der Waals surface area contributed by atoms with Crippen LogP contribution in [0, 0.1) is 0 Å². The van der Waals surface area contributed by atoms with Crippen molar-refractivity contribution in [3.63, 3.8) is 0 Å². The van der Waals surface area contributed by atoms with E-state index in [0.29, 0.717) is 6.54 Å². The average Bonchev–Trinajstić information content (AvgIpc) is 2.20. The van der Waals surface area contributed by atoms with Crippen LogP contribution in [0.15, 0.2) is 28.7 Å². The maximum absolute atomic E-state index is 10.8. The van der Waals surface area contributed by atoms with E-state index in [1.54, 1.807) is 11.9 Å². The fraction of sp³-hybridized carbons (Fsp3) is 0.417. The Morgan fingerprint density at radius 1 is 1.47 bits per heavy atom. The van der Waals surface area contributed by atoms with Crippen molar-refractivity contribution in [1.29, 1.82) is 0 Å². The molecular formula is C12H16BrNO3. The van der Waals surface area contributed by atoms with E-state index < -0.39 is 11.6 Å². The lowest BCUT2D eigenvalue weighted by atomic mass is 10.1. The van der Waals surface area contributed by atoms with Gasteiger partial charge in [0.1, 0.15) is 0 Å². The van der Waals surface area contributed by atoms with Gasteiger partial charge in [0.25, 0.3) is 0 Å². The van der Waals surface area contributed by atoms with Gasteiger partial charge >= 0.3 is 5.97 Å². The molecule has 0 spiro atoms. The first-order valence-electron chi connectivity index (χ1n) is 5.20. The largest absolute Gasteiger partial charge is 0.479 e. The summed E-state index contributed by atoms with van der Waals surface area (Å²) in [5.74, 6) is -1.21. The van der Waals surface area contributed by atoms with E-state index in [2.05, 4.69) is 15.9 Å². The molecule has 0 saturated carbocycles. The Morgan fingerprint density at radius 3 is 2.59 bits per heavy atom. The van der Waals surface area contributed by atoms with Crippen LogP contribution >= 0.6 is 15.9 Å². The zero-order valence-corrected chi connectivity index (χ0v) is 11.4. The van der Waals surface area contributed by atoms with Crippen molar-refractivity contribution in [3.05, 3.63) is 34.3 Å². The Bertz CT molecular complexity index is 406. The Hall–Kier alpha value is -0.910. The molecule has 0 saturated heterocycles. The lowest BCUT2D eigenvalue weighted by Gasteiger charge is -2.25. The van der Waals surface area contributed by atoms with Crippen molar-refractivity contribution >= 4 is 21.9 Å². The molecule has 0 aromatic heterocycles. The normalized spacial score (nSPS) is 14.6. The summed E-state index contributed by atoms with van der Waals surface area (Å²) in [6, 6.07) is 7.72. The van der Waals surface area contributed by atoms with E-state index in [1.807, 2.05) is 24.3 Å². The summed E-state index contributed by atoms with van der Waals surface area (Å²) < 4.78 is 0.974. The first-order valence-corrected chi connectivity index (χ1v) is 6.00. The molecular weight excluding hydrogens is 286 g/mol. The SMILES string of the molecule is CN(Cc1ccccc1Br)CC(C)(O)C(=O)O. The van der Waals surface area contributed by atoms with Crippen LogP contribution in [0.4, 0.5) is 0 Å². The van der Waals surface area contributed by atoms with Gasteiger partial charge < -0.3 is 10.2 Å². The molecule has 17 heavy (non-hydrogen) atoms. The highest BCUT2D eigenvalue weighted by molar-refractivity contribution is 9.10. The van der Waals surface area contributed by atoms with Crippen LogP contribution < -0.4 is 0 Å². The first kappa shape index (κ1) is 14.2. The number of nitrogens with zero attached hydrogens (tertiary/aromatic N) is 1. The van der Waals surface area contributed by atoms with Gasteiger partial charge in [0.05, 0.1) is 0 Å². The number of rotatable bonds is 5. The lowest BCUT2D eigenvalue weighted by molar-refractivity contribution is -0.158. The zero-order valence-electron chi connectivity index (χ0n) is 9.85. The average molecular weight is 302 g/mol. The molecule has 0 aliphatic heterocycles. The molecule has 0 aliphatic rings. The summed E-state index contributed by atoms with van der Waals surface area (Å²) in [7, 11) is 1.77. The molecule has 1 atom stereocenters. The summed E-state index contributed by atoms with van der Waals surface area (Å²) in [5.41, 5.74) is -0.674. The summed E-state index contributed by atoms with van der Waals surface area (Å²) >= 11 is 3.43. The van der Waals surface area contributed by atoms with Crippen LogP contribution in [0.3, 0.4) is 0 Å². The molecule has 0 heterocycles. The van der Waals surface area contributed by atoms with Crippen LogP contribution in [0.2, 0.25) is 0 Å². The fourth-order valence-corrected chi connectivity index (χ4v) is 1.98. The van der Waals surface area contributed by atoms with Gasteiger partial charge in [0, 0.05) is 17.6 Å². The molecule has 5 heteroatoms. The predicted molar refractivity (Wildman–Crippen MR) is 68.7 cm³/mol. The van der Waals surface area contributed by atoms with E-state index >= 15 is 0 Å². The van der Waals surface area contributed by atoms with E-state index in [-0.39, 0.29) is 6.54 Å². The molecule has 0 bridgehead atoms. The Labute approximate surface area is 109 Å². The highest BCUT2D eigenvalue weighted by Gasteiger charge is 2.31. The van der Waals surface area contributed by atoms with Crippen molar-refractivity contribution in [2.75, 3.05) is 13.6 Å². The van der Waals surface area contributed by atoms with Crippen LogP contribution in [0.1, 0.15) is 12.5 Å². The van der Waals surface area contributed by atoms with Crippen LogP contribution in [-0.4, -0.2) is 40.3 Å². The van der Waals surface area contributed by atoms with E-state index in [0.717, 1.165) is 10.0 Å². The molecule has 1 aromatic rings. The van der Waals surface area contributed by atoms with E-state index in [4.69, 9.17) is 5.11 Å². The number of carboxylic acids is 1. The van der Waals surface area contributed by atoms with Crippen molar-refractivity contribution < 1.29 is 15.0 Å². The molecule has 94 valence electrons. The molecule has 0 fully saturated rings. The van der Waals surface area contributed by atoms with Crippen LogP contribution in [-0.2, 0) is 11.3 Å².